The molecule has 3 nitrogen and oxygen atoms in total. The van der Waals surface area contributed by atoms with E-state index in [0.717, 1.165) is 32.6 Å². The first-order chi connectivity index (χ1) is 9.71. The molecule has 3 heteroatoms. The van der Waals surface area contributed by atoms with Crippen molar-refractivity contribution in [3.05, 3.63) is 35.9 Å². The first-order valence-corrected chi connectivity index (χ1v) is 7.61. The Kier molecular flexibility index (Phi) is 7.94. The average molecular weight is 273 g/mol. The Bertz CT molecular complexity index is 392. The van der Waals surface area contributed by atoms with E-state index in [0.29, 0.717) is 5.92 Å². The summed E-state index contributed by atoms with van der Waals surface area (Å²) in [5, 5.41) is 12.6. The Morgan fingerprint density at radius 3 is 2.40 bits per heavy atom. The number of hydrogen-bond acceptors (Lipinski definition) is 3. The molecule has 2 atom stereocenters. The molecule has 0 saturated heterocycles. The molecule has 2 unspecified atom stereocenters. The number of nitrogens with one attached hydrogen (secondary N) is 1. The van der Waals surface area contributed by atoms with Gasteiger partial charge in [-0.3, -0.25) is 0 Å². The highest BCUT2D eigenvalue weighted by Crippen LogP contribution is 2.19. The molecule has 0 spiro atoms. The van der Waals surface area contributed by atoms with Crippen LogP contribution in [-0.2, 0) is 0 Å². The minimum atomic E-state index is -0.0687. The summed E-state index contributed by atoms with van der Waals surface area (Å²) in [6.45, 7) is 10.5. The molecule has 0 bridgehead atoms. The van der Waals surface area contributed by atoms with E-state index in [1.165, 1.54) is 5.56 Å². The normalized spacial score (nSPS) is 13.9. The molecule has 0 heterocycles. The number of nitriles is 1. The summed E-state index contributed by atoms with van der Waals surface area (Å²) in [7, 11) is 0. The van der Waals surface area contributed by atoms with Crippen molar-refractivity contribution < 1.29 is 0 Å². The summed E-state index contributed by atoms with van der Waals surface area (Å²) in [5.74, 6) is 0.404. The van der Waals surface area contributed by atoms with Gasteiger partial charge in [-0.1, -0.05) is 51.1 Å². The third-order valence-electron chi connectivity index (χ3n) is 3.83. The molecule has 1 aromatic rings. The van der Waals surface area contributed by atoms with Crippen molar-refractivity contribution in [2.45, 2.75) is 39.2 Å². The van der Waals surface area contributed by atoms with Crippen LogP contribution in [0.15, 0.2) is 30.3 Å². The van der Waals surface area contributed by atoms with Crippen LogP contribution in [0.4, 0.5) is 0 Å². The quantitative estimate of drug-likeness (QED) is 0.752. The smallest absolute Gasteiger partial charge is 0.0959 e. The second kappa shape index (κ2) is 9.52. The van der Waals surface area contributed by atoms with Crippen molar-refractivity contribution in [1.29, 1.82) is 5.26 Å². The van der Waals surface area contributed by atoms with Crippen LogP contribution in [0.5, 0.6) is 0 Å². The lowest BCUT2D eigenvalue weighted by Crippen LogP contribution is -2.37. The molecule has 0 aliphatic heterocycles. The van der Waals surface area contributed by atoms with Crippen molar-refractivity contribution in [2.24, 2.45) is 0 Å². The molecule has 1 aromatic carbocycles. The topological polar surface area (TPSA) is 39.1 Å². The maximum absolute atomic E-state index is 9.28. The molecule has 0 radical (unpaired) electrons. The molecule has 0 saturated carbocycles. The molecular formula is C17H27N3. The van der Waals surface area contributed by atoms with Crippen LogP contribution in [0.3, 0.4) is 0 Å². The van der Waals surface area contributed by atoms with Gasteiger partial charge in [0, 0.05) is 13.1 Å². The molecule has 0 aliphatic carbocycles. The molecule has 0 aliphatic rings. The summed E-state index contributed by atoms with van der Waals surface area (Å²) in [5.41, 5.74) is 1.30. The average Bonchev–Trinajstić information content (AvgIpc) is 2.51. The lowest BCUT2D eigenvalue weighted by atomic mass is 9.94. The Balaban J connectivity index is 2.38. The zero-order valence-corrected chi connectivity index (χ0v) is 13.0. The second-order valence-electron chi connectivity index (χ2n) is 5.21. The Morgan fingerprint density at radius 2 is 1.85 bits per heavy atom. The van der Waals surface area contributed by atoms with Crippen LogP contribution in [0, 0.1) is 11.3 Å². The molecule has 20 heavy (non-hydrogen) atoms. The zero-order valence-electron chi connectivity index (χ0n) is 13.0. The van der Waals surface area contributed by atoms with Crippen molar-refractivity contribution in [2.75, 3.05) is 26.2 Å². The van der Waals surface area contributed by atoms with E-state index in [1.807, 2.05) is 6.07 Å². The van der Waals surface area contributed by atoms with Crippen LogP contribution in [0.2, 0.25) is 0 Å². The van der Waals surface area contributed by atoms with Crippen molar-refractivity contribution in [3.8, 4) is 6.07 Å². The number of benzene rings is 1. The zero-order chi connectivity index (χ0) is 14.8. The lowest BCUT2D eigenvalue weighted by Gasteiger charge is -2.21. The number of likely N-dealkylation sites (N-methyl/N-ethyl adjacent to an activating group) is 1. The Morgan fingerprint density at radius 1 is 1.20 bits per heavy atom. The van der Waals surface area contributed by atoms with Crippen LogP contribution in [0.1, 0.15) is 38.7 Å². The highest BCUT2D eigenvalue weighted by molar-refractivity contribution is 5.19. The molecule has 0 aromatic heterocycles. The van der Waals surface area contributed by atoms with Gasteiger partial charge in [0.1, 0.15) is 0 Å². The first-order valence-electron chi connectivity index (χ1n) is 7.61. The summed E-state index contributed by atoms with van der Waals surface area (Å²) in [6, 6.07) is 12.7. The maximum Gasteiger partial charge on any atom is 0.0959 e. The molecular weight excluding hydrogens is 246 g/mol. The summed E-state index contributed by atoms with van der Waals surface area (Å²) < 4.78 is 0. The van der Waals surface area contributed by atoms with Crippen LogP contribution >= 0.6 is 0 Å². The van der Waals surface area contributed by atoms with Crippen molar-refractivity contribution >= 4 is 0 Å². The minimum absolute atomic E-state index is 0.0687. The van der Waals surface area contributed by atoms with E-state index >= 15 is 0 Å². The first kappa shape index (κ1) is 16.7. The Hall–Kier alpha value is -1.37. The Labute approximate surface area is 123 Å². The predicted molar refractivity (Wildman–Crippen MR) is 84.7 cm³/mol. The largest absolute Gasteiger partial charge is 0.303 e. The van der Waals surface area contributed by atoms with E-state index in [-0.39, 0.29) is 6.04 Å². The summed E-state index contributed by atoms with van der Waals surface area (Å²) >= 11 is 0. The number of nitrogens with zero attached hydrogens (tertiary/aromatic N) is 2. The summed E-state index contributed by atoms with van der Waals surface area (Å²) in [6.07, 6.45) is 0.860. The van der Waals surface area contributed by atoms with Gasteiger partial charge >= 0.3 is 0 Å². The summed E-state index contributed by atoms with van der Waals surface area (Å²) in [4.78, 5) is 2.36. The standard InChI is InChI=1S/C17H27N3/c1-4-20(5-2)12-11-19-17(14-18)13-15(3)16-9-7-6-8-10-16/h6-10,15,17,19H,4-5,11-13H2,1-3H3. The number of rotatable bonds is 9. The highest BCUT2D eigenvalue weighted by Gasteiger charge is 2.13. The SMILES string of the molecule is CCN(CC)CCNC(C#N)CC(C)c1ccccc1. The van der Waals surface area contributed by atoms with E-state index in [4.69, 9.17) is 0 Å². The van der Waals surface area contributed by atoms with Crippen LogP contribution in [-0.4, -0.2) is 37.1 Å². The van der Waals surface area contributed by atoms with Gasteiger partial charge in [0.05, 0.1) is 12.1 Å². The van der Waals surface area contributed by atoms with Gasteiger partial charge in [-0.15, -0.1) is 0 Å². The van der Waals surface area contributed by atoms with E-state index in [9.17, 15) is 5.26 Å². The second-order valence-corrected chi connectivity index (χ2v) is 5.21. The van der Waals surface area contributed by atoms with Gasteiger partial charge in [0.15, 0.2) is 0 Å². The fourth-order valence-electron chi connectivity index (χ4n) is 2.39. The van der Waals surface area contributed by atoms with E-state index in [2.05, 4.69) is 61.3 Å². The minimum Gasteiger partial charge on any atom is -0.303 e. The monoisotopic (exact) mass is 273 g/mol. The molecule has 0 fully saturated rings. The molecule has 110 valence electrons. The van der Waals surface area contributed by atoms with Gasteiger partial charge in [-0.2, -0.15) is 5.26 Å². The van der Waals surface area contributed by atoms with Crippen molar-refractivity contribution in [1.82, 2.24) is 10.2 Å². The van der Waals surface area contributed by atoms with Gasteiger partial charge < -0.3 is 10.2 Å². The van der Waals surface area contributed by atoms with Gasteiger partial charge in [0.25, 0.3) is 0 Å². The van der Waals surface area contributed by atoms with E-state index < -0.39 is 0 Å². The van der Waals surface area contributed by atoms with Gasteiger partial charge in [-0.05, 0) is 31.0 Å². The van der Waals surface area contributed by atoms with Gasteiger partial charge in [-0.25, -0.2) is 0 Å². The molecule has 0 amide bonds. The highest BCUT2D eigenvalue weighted by atomic mass is 15.1. The van der Waals surface area contributed by atoms with Gasteiger partial charge in [0.2, 0.25) is 0 Å². The van der Waals surface area contributed by atoms with Crippen molar-refractivity contribution in [3.63, 3.8) is 0 Å². The lowest BCUT2D eigenvalue weighted by molar-refractivity contribution is 0.298. The predicted octanol–water partition coefficient (Wildman–Crippen LogP) is 3.00. The fourth-order valence-corrected chi connectivity index (χ4v) is 2.39. The third-order valence-corrected chi connectivity index (χ3v) is 3.83. The third kappa shape index (κ3) is 5.73. The maximum atomic E-state index is 9.28. The van der Waals surface area contributed by atoms with Crippen LogP contribution < -0.4 is 5.32 Å². The molecule has 1 N–H and O–H groups in total. The fraction of sp³-hybridized carbons (Fsp3) is 0.588. The number of hydrogen-bond donors (Lipinski definition) is 1. The van der Waals surface area contributed by atoms with Crippen LogP contribution in [0.25, 0.3) is 0 Å². The van der Waals surface area contributed by atoms with E-state index in [1.54, 1.807) is 0 Å². The molecule has 1 rings (SSSR count).